The zero-order valence-corrected chi connectivity index (χ0v) is 13.8. The summed E-state index contributed by atoms with van der Waals surface area (Å²) in [4.78, 5) is 0. The van der Waals surface area contributed by atoms with Crippen LogP contribution in [0, 0.1) is 13.8 Å². The van der Waals surface area contributed by atoms with E-state index < -0.39 is 0 Å². The molecule has 1 aromatic heterocycles. The molecule has 2 atom stereocenters. The maximum atomic E-state index is 6.09. The van der Waals surface area contributed by atoms with Crippen molar-refractivity contribution in [3.05, 3.63) is 17.0 Å². The minimum absolute atomic E-state index is 0.0284. The second-order valence-electron chi connectivity index (χ2n) is 6.58. The van der Waals surface area contributed by atoms with Gasteiger partial charge in [0.2, 0.25) is 0 Å². The summed E-state index contributed by atoms with van der Waals surface area (Å²) in [6.07, 6.45) is 2.56. The number of hydrogen-bond acceptors (Lipinski definition) is 3. The van der Waals surface area contributed by atoms with Crippen LogP contribution in [0.1, 0.15) is 63.5 Å². The van der Waals surface area contributed by atoms with Gasteiger partial charge in [0.15, 0.2) is 0 Å². The van der Waals surface area contributed by atoms with Crippen LogP contribution in [0.25, 0.3) is 0 Å². The number of aromatic nitrogens is 2. The van der Waals surface area contributed by atoms with Gasteiger partial charge in [-0.25, -0.2) is 0 Å². The highest BCUT2D eigenvalue weighted by Crippen LogP contribution is 2.31. The Hall–Kier alpha value is -0.870. The van der Waals surface area contributed by atoms with Crippen molar-refractivity contribution in [2.75, 3.05) is 6.54 Å². The third kappa shape index (κ3) is 3.23. The van der Waals surface area contributed by atoms with Gasteiger partial charge in [-0.1, -0.05) is 6.92 Å². The van der Waals surface area contributed by atoms with E-state index >= 15 is 0 Å². The second-order valence-corrected chi connectivity index (χ2v) is 6.58. The van der Waals surface area contributed by atoms with Crippen molar-refractivity contribution in [3.63, 3.8) is 0 Å². The lowest BCUT2D eigenvalue weighted by atomic mass is 10.1. The fourth-order valence-corrected chi connectivity index (χ4v) is 3.32. The summed E-state index contributed by atoms with van der Waals surface area (Å²) in [5.41, 5.74) is 3.77. The summed E-state index contributed by atoms with van der Waals surface area (Å²) in [7, 11) is 0. The first-order valence-corrected chi connectivity index (χ1v) is 7.79. The third-order valence-electron chi connectivity index (χ3n) is 4.31. The quantitative estimate of drug-likeness (QED) is 0.900. The highest BCUT2D eigenvalue weighted by atomic mass is 16.5. The molecule has 0 amide bonds. The minimum atomic E-state index is 0.0284. The van der Waals surface area contributed by atoms with Gasteiger partial charge < -0.3 is 10.1 Å². The fourth-order valence-electron chi connectivity index (χ4n) is 3.32. The Morgan fingerprint density at radius 3 is 2.70 bits per heavy atom. The number of aryl methyl sites for hydroxylation is 1. The van der Waals surface area contributed by atoms with Gasteiger partial charge in [-0.3, -0.25) is 4.68 Å². The van der Waals surface area contributed by atoms with Crippen LogP contribution in [0.4, 0.5) is 0 Å². The fraction of sp³-hybridized carbons (Fsp3) is 0.812. The molecule has 2 rings (SSSR count). The van der Waals surface area contributed by atoms with Crippen LogP contribution >= 0.6 is 0 Å². The highest BCUT2D eigenvalue weighted by molar-refractivity contribution is 5.27. The van der Waals surface area contributed by atoms with Crippen LogP contribution in [0.5, 0.6) is 0 Å². The van der Waals surface area contributed by atoms with E-state index in [1.54, 1.807) is 0 Å². The Labute approximate surface area is 122 Å². The largest absolute Gasteiger partial charge is 0.370 e. The Morgan fingerprint density at radius 1 is 1.45 bits per heavy atom. The number of hydrogen-bond donors (Lipinski definition) is 1. The molecule has 0 bridgehead atoms. The molecule has 20 heavy (non-hydrogen) atoms. The molecule has 0 radical (unpaired) electrons. The number of rotatable bonds is 5. The van der Waals surface area contributed by atoms with E-state index in [1.807, 2.05) is 0 Å². The lowest BCUT2D eigenvalue weighted by molar-refractivity contribution is -0.0232. The van der Waals surface area contributed by atoms with Crippen LogP contribution in [-0.4, -0.2) is 28.0 Å². The number of ether oxygens (including phenoxy) is 1. The molecule has 1 aliphatic heterocycles. The normalized spacial score (nSPS) is 23.2. The molecule has 4 heteroatoms. The van der Waals surface area contributed by atoms with Crippen LogP contribution in [0.2, 0.25) is 0 Å². The van der Waals surface area contributed by atoms with Crippen molar-refractivity contribution in [1.82, 2.24) is 15.1 Å². The van der Waals surface area contributed by atoms with Crippen molar-refractivity contribution < 1.29 is 4.74 Å². The van der Waals surface area contributed by atoms with Gasteiger partial charge in [0.05, 0.1) is 23.9 Å². The van der Waals surface area contributed by atoms with Crippen molar-refractivity contribution in [2.45, 2.75) is 78.7 Å². The van der Waals surface area contributed by atoms with Crippen LogP contribution < -0.4 is 5.32 Å². The molecule has 1 aliphatic rings. The molecule has 0 spiro atoms. The summed E-state index contributed by atoms with van der Waals surface area (Å²) >= 11 is 0. The molecule has 114 valence electrons. The zero-order valence-electron chi connectivity index (χ0n) is 13.8. The summed E-state index contributed by atoms with van der Waals surface area (Å²) in [5.74, 6) is 0. The average molecular weight is 279 g/mol. The Kier molecular flexibility index (Phi) is 4.55. The van der Waals surface area contributed by atoms with Crippen molar-refractivity contribution in [1.29, 1.82) is 0 Å². The second kappa shape index (κ2) is 5.86. The molecular formula is C16H29N3O. The predicted octanol–water partition coefficient (Wildman–Crippen LogP) is 3.13. The summed E-state index contributed by atoms with van der Waals surface area (Å²) in [5, 5.41) is 8.20. The van der Waals surface area contributed by atoms with E-state index in [4.69, 9.17) is 9.84 Å². The Balaban J connectivity index is 2.12. The van der Waals surface area contributed by atoms with Gasteiger partial charge in [0.25, 0.3) is 0 Å². The van der Waals surface area contributed by atoms with E-state index in [9.17, 15) is 0 Å². The number of nitrogens with one attached hydrogen (secondary N) is 1. The van der Waals surface area contributed by atoms with Gasteiger partial charge in [-0.2, -0.15) is 5.10 Å². The molecular weight excluding hydrogens is 250 g/mol. The molecule has 1 N–H and O–H groups in total. The molecule has 0 saturated carbocycles. The molecule has 4 nitrogen and oxygen atoms in total. The van der Waals surface area contributed by atoms with E-state index in [0.717, 1.165) is 31.6 Å². The first kappa shape index (κ1) is 15.5. The molecule has 1 fully saturated rings. The van der Waals surface area contributed by atoms with E-state index in [0.29, 0.717) is 12.1 Å². The molecule has 2 unspecified atom stereocenters. The molecule has 1 aromatic rings. The van der Waals surface area contributed by atoms with E-state index in [-0.39, 0.29) is 5.60 Å². The lowest BCUT2D eigenvalue weighted by Crippen LogP contribution is -2.24. The van der Waals surface area contributed by atoms with Gasteiger partial charge >= 0.3 is 0 Å². The topological polar surface area (TPSA) is 39.1 Å². The first-order valence-electron chi connectivity index (χ1n) is 7.79. The molecule has 0 aliphatic carbocycles. The number of nitrogens with zero attached hydrogens (tertiary/aromatic N) is 2. The first-order chi connectivity index (χ1) is 9.34. The maximum Gasteiger partial charge on any atom is 0.0779 e. The van der Waals surface area contributed by atoms with Crippen molar-refractivity contribution in [3.8, 4) is 0 Å². The van der Waals surface area contributed by atoms with Crippen molar-refractivity contribution >= 4 is 0 Å². The molecule has 2 heterocycles. The predicted molar refractivity (Wildman–Crippen MR) is 82.0 cm³/mol. The summed E-state index contributed by atoms with van der Waals surface area (Å²) in [6, 6.07) is 0.356. The summed E-state index contributed by atoms with van der Waals surface area (Å²) in [6.45, 7) is 14.8. The van der Waals surface area contributed by atoms with Crippen LogP contribution in [0.15, 0.2) is 0 Å². The maximum absolute atomic E-state index is 6.09. The lowest BCUT2D eigenvalue weighted by Gasteiger charge is -2.20. The van der Waals surface area contributed by atoms with E-state index in [2.05, 4.69) is 51.5 Å². The molecule has 0 aromatic carbocycles. The third-order valence-corrected chi connectivity index (χ3v) is 4.31. The van der Waals surface area contributed by atoms with Gasteiger partial charge in [-0.15, -0.1) is 0 Å². The van der Waals surface area contributed by atoms with Gasteiger partial charge in [-0.05, 0) is 54.0 Å². The van der Waals surface area contributed by atoms with Crippen LogP contribution in [0.3, 0.4) is 0 Å². The van der Waals surface area contributed by atoms with E-state index in [1.165, 1.54) is 11.3 Å². The molecule has 1 saturated heterocycles. The average Bonchev–Trinajstić information content (AvgIpc) is 2.81. The standard InChI is InChI=1S/C16H29N3O/c1-7-17-11(2)15-12(3)18-19(13(15)4)10-14-8-9-16(5,6)20-14/h11,14,17H,7-10H2,1-6H3. The SMILES string of the molecule is CCNC(C)c1c(C)nn(CC2CCC(C)(C)O2)c1C. The summed E-state index contributed by atoms with van der Waals surface area (Å²) < 4.78 is 8.22. The Morgan fingerprint density at radius 2 is 2.15 bits per heavy atom. The minimum Gasteiger partial charge on any atom is -0.370 e. The Bertz CT molecular complexity index is 465. The van der Waals surface area contributed by atoms with Crippen molar-refractivity contribution in [2.24, 2.45) is 0 Å². The van der Waals surface area contributed by atoms with Gasteiger partial charge in [0, 0.05) is 17.3 Å². The monoisotopic (exact) mass is 279 g/mol. The van der Waals surface area contributed by atoms with Crippen LogP contribution in [-0.2, 0) is 11.3 Å². The zero-order chi connectivity index (χ0) is 14.9. The van der Waals surface area contributed by atoms with Gasteiger partial charge in [0.1, 0.15) is 0 Å². The smallest absolute Gasteiger partial charge is 0.0779 e. The highest BCUT2D eigenvalue weighted by Gasteiger charge is 2.32.